The van der Waals surface area contributed by atoms with Gasteiger partial charge in [-0.25, -0.2) is 4.98 Å². The largest absolute Gasteiger partial charge is 0.366 e. The van der Waals surface area contributed by atoms with Crippen molar-refractivity contribution in [1.82, 2.24) is 9.97 Å². The van der Waals surface area contributed by atoms with Gasteiger partial charge in [0.1, 0.15) is 5.82 Å². The van der Waals surface area contributed by atoms with Gasteiger partial charge in [0, 0.05) is 43.8 Å². The van der Waals surface area contributed by atoms with E-state index in [1.54, 1.807) is 18.5 Å². The fraction of sp³-hybridized carbons (Fsp3) is 0.154. The Balaban J connectivity index is 2.55. The number of hydrogen-bond acceptors (Lipinski definition) is 4. The molecule has 5 nitrogen and oxygen atoms in total. The zero-order valence-electron chi connectivity index (χ0n) is 10.3. The first-order chi connectivity index (χ1) is 8.59. The predicted molar refractivity (Wildman–Crippen MR) is 70.3 cm³/mol. The molecule has 0 aliphatic carbocycles. The number of pyridine rings is 2. The molecule has 0 radical (unpaired) electrons. The predicted octanol–water partition coefficient (Wildman–Crippen LogP) is 1.31. The van der Waals surface area contributed by atoms with Crippen LogP contribution in [0.5, 0.6) is 0 Å². The summed E-state index contributed by atoms with van der Waals surface area (Å²) in [7, 11) is 3.83. The number of nitrogens with zero attached hydrogens (tertiary/aromatic N) is 3. The highest BCUT2D eigenvalue weighted by atomic mass is 16.1. The van der Waals surface area contributed by atoms with E-state index in [0.29, 0.717) is 5.56 Å². The first-order valence-electron chi connectivity index (χ1n) is 5.47. The van der Waals surface area contributed by atoms with Gasteiger partial charge in [0.25, 0.3) is 0 Å². The van der Waals surface area contributed by atoms with Crippen molar-refractivity contribution in [2.45, 2.75) is 0 Å². The van der Waals surface area contributed by atoms with Crippen LogP contribution in [-0.4, -0.2) is 30.0 Å². The van der Waals surface area contributed by atoms with Crippen molar-refractivity contribution in [3.63, 3.8) is 0 Å². The number of anilines is 1. The molecule has 0 aliphatic heterocycles. The second-order valence-electron chi connectivity index (χ2n) is 4.10. The van der Waals surface area contributed by atoms with Gasteiger partial charge in [-0.15, -0.1) is 0 Å². The average molecular weight is 242 g/mol. The molecule has 0 fully saturated rings. The maximum atomic E-state index is 11.2. The first-order valence-corrected chi connectivity index (χ1v) is 5.47. The van der Waals surface area contributed by atoms with E-state index in [1.165, 1.54) is 6.20 Å². The summed E-state index contributed by atoms with van der Waals surface area (Å²) >= 11 is 0. The third kappa shape index (κ3) is 2.29. The van der Waals surface area contributed by atoms with Gasteiger partial charge in [0.15, 0.2) is 0 Å². The van der Waals surface area contributed by atoms with E-state index in [0.717, 1.165) is 16.9 Å². The lowest BCUT2D eigenvalue weighted by molar-refractivity contribution is 0.1000. The van der Waals surface area contributed by atoms with Gasteiger partial charge in [-0.3, -0.25) is 9.78 Å². The Morgan fingerprint density at radius 2 is 2.11 bits per heavy atom. The van der Waals surface area contributed by atoms with Crippen LogP contribution in [0.3, 0.4) is 0 Å². The van der Waals surface area contributed by atoms with Crippen molar-refractivity contribution in [1.29, 1.82) is 0 Å². The van der Waals surface area contributed by atoms with Gasteiger partial charge >= 0.3 is 0 Å². The van der Waals surface area contributed by atoms with Crippen LogP contribution in [-0.2, 0) is 0 Å². The van der Waals surface area contributed by atoms with Gasteiger partial charge < -0.3 is 10.6 Å². The highest BCUT2D eigenvalue weighted by Gasteiger charge is 2.10. The van der Waals surface area contributed by atoms with Gasteiger partial charge in [-0.2, -0.15) is 0 Å². The summed E-state index contributed by atoms with van der Waals surface area (Å²) in [5.74, 6) is 0.334. The lowest BCUT2D eigenvalue weighted by Crippen LogP contribution is -2.13. The van der Waals surface area contributed by atoms with Crippen molar-refractivity contribution in [2.75, 3.05) is 19.0 Å². The zero-order chi connectivity index (χ0) is 13.1. The lowest BCUT2D eigenvalue weighted by Gasteiger charge is -2.15. The molecular weight excluding hydrogens is 228 g/mol. The van der Waals surface area contributed by atoms with Crippen molar-refractivity contribution in [2.24, 2.45) is 5.73 Å². The number of carbonyl (C=O) groups excluding carboxylic acids is 1. The normalized spacial score (nSPS) is 10.1. The Morgan fingerprint density at radius 3 is 2.78 bits per heavy atom. The average Bonchev–Trinajstić information content (AvgIpc) is 2.39. The minimum absolute atomic E-state index is 0.390. The molecule has 2 heterocycles. The molecule has 0 saturated heterocycles. The molecule has 0 bridgehead atoms. The minimum atomic E-state index is -0.486. The Hall–Kier alpha value is -2.43. The number of rotatable bonds is 3. The third-order valence-corrected chi connectivity index (χ3v) is 2.54. The van der Waals surface area contributed by atoms with Crippen LogP contribution in [0.4, 0.5) is 5.82 Å². The molecule has 0 aromatic carbocycles. The summed E-state index contributed by atoms with van der Waals surface area (Å²) < 4.78 is 0. The van der Waals surface area contributed by atoms with E-state index in [2.05, 4.69) is 9.97 Å². The van der Waals surface area contributed by atoms with Crippen LogP contribution >= 0.6 is 0 Å². The second-order valence-corrected chi connectivity index (χ2v) is 4.10. The fourth-order valence-electron chi connectivity index (χ4n) is 1.70. The number of carbonyl (C=O) groups is 1. The molecular formula is C13H14N4O. The summed E-state index contributed by atoms with van der Waals surface area (Å²) in [5.41, 5.74) is 7.38. The van der Waals surface area contributed by atoms with Gasteiger partial charge in [-0.1, -0.05) is 0 Å². The van der Waals surface area contributed by atoms with Crippen LogP contribution in [0.15, 0.2) is 36.8 Å². The molecule has 0 aliphatic rings. The topological polar surface area (TPSA) is 72.1 Å². The highest BCUT2D eigenvalue weighted by molar-refractivity contribution is 5.94. The maximum Gasteiger partial charge on any atom is 0.250 e. The number of aromatic nitrogens is 2. The summed E-state index contributed by atoms with van der Waals surface area (Å²) in [5, 5.41) is 0. The molecule has 0 unspecified atom stereocenters. The van der Waals surface area contributed by atoms with Crippen molar-refractivity contribution >= 4 is 11.7 Å². The van der Waals surface area contributed by atoms with Crippen LogP contribution in [0, 0.1) is 0 Å². The number of primary amides is 1. The summed E-state index contributed by atoms with van der Waals surface area (Å²) in [6.07, 6.45) is 4.87. The van der Waals surface area contributed by atoms with E-state index in [-0.39, 0.29) is 0 Å². The van der Waals surface area contributed by atoms with Crippen LogP contribution in [0.1, 0.15) is 10.4 Å². The molecule has 5 heteroatoms. The Morgan fingerprint density at radius 1 is 1.33 bits per heavy atom. The van der Waals surface area contributed by atoms with Gasteiger partial charge in [0.05, 0.1) is 5.56 Å². The zero-order valence-corrected chi connectivity index (χ0v) is 10.3. The lowest BCUT2D eigenvalue weighted by atomic mass is 10.1. The summed E-state index contributed by atoms with van der Waals surface area (Å²) in [6.45, 7) is 0. The van der Waals surface area contributed by atoms with E-state index < -0.39 is 5.91 Å². The Kier molecular flexibility index (Phi) is 3.23. The standard InChI is InChI=1S/C13H14N4O/c1-17(2)13-11(4-3-5-16-13)9-6-10(12(14)18)8-15-7-9/h3-8H,1-2H3,(H2,14,18). The molecule has 2 N–H and O–H groups in total. The monoisotopic (exact) mass is 242 g/mol. The molecule has 2 aromatic heterocycles. The number of hydrogen-bond donors (Lipinski definition) is 1. The minimum Gasteiger partial charge on any atom is -0.366 e. The molecule has 18 heavy (non-hydrogen) atoms. The van der Waals surface area contributed by atoms with Crippen LogP contribution in [0.25, 0.3) is 11.1 Å². The van der Waals surface area contributed by atoms with Gasteiger partial charge in [-0.05, 0) is 18.2 Å². The summed E-state index contributed by atoms with van der Waals surface area (Å²) in [4.78, 5) is 21.4. The molecule has 0 saturated carbocycles. The molecule has 0 atom stereocenters. The number of nitrogens with two attached hydrogens (primary N) is 1. The Bertz CT molecular complexity index is 581. The molecule has 2 rings (SSSR count). The van der Waals surface area contributed by atoms with E-state index in [4.69, 9.17) is 5.73 Å². The SMILES string of the molecule is CN(C)c1ncccc1-c1cncc(C(N)=O)c1. The molecule has 2 aromatic rings. The van der Waals surface area contributed by atoms with Gasteiger partial charge in [0.2, 0.25) is 5.91 Å². The van der Waals surface area contributed by atoms with Crippen LogP contribution < -0.4 is 10.6 Å². The smallest absolute Gasteiger partial charge is 0.250 e. The van der Waals surface area contributed by atoms with Crippen molar-refractivity contribution in [3.05, 3.63) is 42.4 Å². The van der Waals surface area contributed by atoms with E-state index in [9.17, 15) is 4.79 Å². The quantitative estimate of drug-likeness (QED) is 0.880. The van der Waals surface area contributed by atoms with Crippen LogP contribution in [0.2, 0.25) is 0 Å². The van der Waals surface area contributed by atoms with E-state index >= 15 is 0 Å². The summed E-state index contributed by atoms with van der Waals surface area (Å²) in [6, 6.07) is 5.50. The number of amides is 1. The first kappa shape index (κ1) is 12.0. The van der Waals surface area contributed by atoms with Crippen molar-refractivity contribution in [3.8, 4) is 11.1 Å². The second kappa shape index (κ2) is 4.83. The third-order valence-electron chi connectivity index (χ3n) is 2.54. The molecule has 92 valence electrons. The Labute approximate surface area is 105 Å². The molecule has 0 spiro atoms. The molecule has 1 amide bonds. The van der Waals surface area contributed by atoms with Crippen molar-refractivity contribution < 1.29 is 4.79 Å². The maximum absolute atomic E-state index is 11.2. The fourth-order valence-corrected chi connectivity index (χ4v) is 1.70. The van der Waals surface area contributed by atoms with E-state index in [1.807, 2.05) is 31.1 Å². The highest BCUT2D eigenvalue weighted by Crippen LogP contribution is 2.27.